The van der Waals surface area contributed by atoms with Crippen molar-refractivity contribution in [2.45, 2.75) is 6.42 Å². The molecule has 0 atom stereocenters. The van der Waals surface area contributed by atoms with E-state index < -0.39 is 0 Å². The Morgan fingerprint density at radius 3 is 2.56 bits per heavy atom. The first kappa shape index (κ1) is 17.4. The predicted molar refractivity (Wildman–Crippen MR) is 99.0 cm³/mol. The van der Waals surface area contributed by atoms with Gasteiger partial charge in [-0.3, -0.25) is 10.1 Å². The van der Waals surface area contributed by atoms with Crippen LogP contribution in [0.25, 0.3) is 0 Å². The number of nitrogens with one attached hydrogen (secondary N) is 2. The Morgan fingerprint density at radius 1 is 1.12 bits per heavy atom. The molecular weight excluding hydrogens is 338 g/mol. The van der Waals surface area contributed by atoms with Crippen LogP contribution in [0.5, 0.6) is 0 Å². The molecule has 0 radical (unpaired) electrons. The van der Waals surface area contributed by atoms with E-state index in [1.165, 1.54) is 11.3 Å². The van der Waals surface area contributed by atoms with E-state index >= 15 is 0 Å². The number of para-hydroxylation sites is 1. The van der Waals surface area contributed by atoms with Gasteiger partial charge in [-0.1, -0.05) is 18.2 Å². The average molecular weight is 359 g/mol. The molecule has 0 saturated carbocycles. The molecule has 3 rings (SSSR count). The van der Waals surface area contributed by atoms with E-state index in [1.54, 1.807) is 10.3 Å². The topological polar surface area (TPSA) is 77.6 Å². The zero-order chi connectivity index (χ0) is 17.6. The van der Waals surface area contributed by atoms with Gasteiger partial charge in [-0.25, -0.2) is 9.78 Å². The number of hydrogen-bond donors (Lipinski definition) is 2. The number of hydrogen-bond acceptors (Lipinski definition) is 5. The third-order valence-electron chi connectivity index (χ3n) is 3.96. The van der Waals surface area contributed by atoms with E-state index in [4.69, 9.17) is 0 Å². The number of benzene rings is 1. The Morgan fingerprint density at radius 2 is 1.84 bits per heavy atom. The van der Waals surface area contributed by atoms with Crippen molar-refractivity contribution in [2.24, 2.45) is 0 Å². The molecule has 1 aromatic heterocycles. The number of aromatic nitrogens is 1. The number of thiazole rings is 1. The quantitative estimate of drug-likeness (QED) is 0.876. The minimum absolute atomic E-state index is 0.131. The van der Waals surface area contributed by atoms with Crippen LogP contribution in [0.1, 0.15) is 5.69 Å². The van der Waals surface area contributed by atoms with Gasteiger partial charge < -0.3 is 15.1 Å². The molecule has 1 saturated heterocycles. The third kappa shape index (κ3) is 5.01. The normalized spacial score (nSPS) is 15.0. The number of amides is 3. The second-order valence-corrected chi connectivity index (χ2v) is 6.81. The zero-order valence-electron chi connectivity index (χ0n) is 14.1. The molecule has 7 nitrogen and oxygen atoms in total. The lowest BCUT2D eigenvalue weighted by Crippen LogP contribution is -2.48. The Balaban J connectivity index is 1.50. The van der Waals surface area contributed by atoms with E-state index in [0.29, 0.717) is 23.9 Å². The molecule has 8 heteroatoms. The SMILES string of the molecule is CN1CCN(C(=O)Nc2nc(CC(=O)Nc3ccccc3)cs2)CC1. The molecule has 0 unspecified atom stereocenters. The number of carbonyl (C=O) groups is 2. The van der Waals surface area contributed by atoms with Gasteiger partial charge in [-0.05, 0) is 19.2 Å². The molecule has 2 heterocycles. The third-order valence-corrected chi connectivity index (χ3v) is 4.76. The van der Waals surface area contributed by atoms with Gasteiger partial charge in [0.25, 0.3) is 0 Å². The predicted octanol–water partition coefficient (Wildman–Crippen LogP) is 2.10. The van der Waals surface area contributed by atoms with E-state index in [0.717, 1.165) is 18.8 Å². The lowest BCUT2D eigenvalue weighted by Gasteiger charge is -2.32. The van der Waals surface area contributed by atoms with Gasteiger partial charge in [-0.15, -0.1) is 11.3 Å². The summed E-state index contributed by atoms with van der Waals surface area (Å²) in [4.78, 5) is 32.6. The maximum atomic E-state index is 12.2. The van der Waals surface area contributed by atoms with Crippen LogP contribution in [0.15, 0.2) is 35.7 Å². The number of nitrogens with zero attached hydrogens (tertiary/aromatic N) is 3. The van der Waals surface area contributed by atoms with Gasteiger partial charge in [0.05, 0.1) is 12.1 Å². The first-order valence-electron chi connectivity index (χ1n) is 8.14. The van der Waals surface area contributed by atoms with Crippen LogP contribution in [-0.4, -0.2) is 59.9 Å². The molecule has 1 aromatic carbocycles. The smallest absolute Gasteiger partial charge is 0.323 e. The van der Waals surface area contributed by atoms with Crippen LogP contribution >= 0.6 is 11.3 Å². The first-order valence-corrected chi connectivity index (χ1v) is 9.02. The molecular formula is C17H21N5O2S. The summed E-state index contributed by atoms with van der Waals surface area (Å²) in [5.41, 5.74) is 1.40. The van der Waals surface area contributed by atoms with Gasteiger partial charge in [-0.2, -0.15) is 0 Å². The van der Waals surface area contributed by atoms with E-state index in [1.807, 2.05) is 37.4 Å². The fourth-order valence-corrected chi connectivity index (χ4v) is 3.22. The lowest BCUT2D eigenvalue weighted by atomic mass is 10.3. The van der Waals surface area contributed by atoms with Crippen molar-refractivity contribution in [1.82, 2.24) is 14.8 Å². The van der Waals surface area contributed by atoms with Crippen molar-refractivity contribution in [1.29, 1.82) is 0 Å². The summed E-state index contributed by atoms with van der Waals surface area (Å²) < 4.78 is 0. The number of urea groups is 1. The van der Waals surface area contributed by atoms with Crippen molar-refractivity contribution in [3.8, 4) is 0 Å². The van der Waals surface area contributed by atoms with Crippen LogP contribution in [0.4, 0.5) is 15.6 Å². The van der Waals surface area contributed by atoms with Gasteiger partial charge >= 0.3 is 6.03 Å². The summed E-state index contributed by atoms with van der Waals surface area (Å²) in [6.45, 7) is 3.16. The fourth-order valence-electron chi connectivity index (χ4n) is 2.52. The van der Waals surface area contributed by atoms with Crippen molar-refractivity contribution >= 4 is 34.1 Å². The number of carbonyl (C=O) groups excluding carboxylic acids is 2. The molecule has 132 valence electrons. The van der Waals surface area contributed by atoms with Crippen LogP contribution in [0.3, 0.4) is 0 Å². The average Bonchev–Trinajstić information content (AvgIpc) is 3.03. The van der Waals surface area contributed by atoms with Gasteiger partial charge in [0.2, 0.25) is 5.91 Å². The highest BCUT2D eigenvalue weighted by Gasteiger charge is 2.20. The van der Waals surface area contributed by atoms with Crippen molar-refractivity contribution in [3.05, 3.63) is 41.4 Å². The maximum absolute atomic E-state index is 12.2. The zero-order valence-corrected chi connectivity index (χ0v) is 14.9. The van der Waals surface area contributed by atoms with Crippen LogP contribution < -0.4 is 10.6 Å². The minimum Gasteiger partial charge on any atom is -0.326 e. The molecule has 3 amide bonds. The Labute approximate surface area is 150 Å². The van der Waals surface area contributed by atoms with Crippen molar-refractivity contribution < 1.29 is 9.59 Å². The first-order chi connectivity index (χ1) is 12.1. The van der Waals surface area contributed by atoms with Gasteiger partial charge in [0, 0.05) is 37.2 Å². The standard InChI is InChI=1S/C17H21N5O2S/c1-21-7-9-22(10-8-21)17(24)20-16-19-14(12-25-16)11-15(23)18-13-5-3-2-4-6-13/h2-6,12H,7-11H2,1H3,(H,18,23)(H,19,20,24). The number of anilines is 2. The highest BCUT2D eigenvalue weighted by atomic mass is 32.1. The van der Waals surface area contributed by atoms with Gasteiger partial charge in [0.1, 0.15) is 0 Å². The van der Waals surface area contributed by atoms with E-state index in [-0.39, 0.29) is 18.4 Å². The van der Waals surface area contributed by atoms with Crippen LogP contribution in [0.2, 0.25) is 0 Å². The summed E-state index contributed by atoms with van der Waals surface area (Å²) >= 11 is 1.33. The molecule has 0 spiro atoms. The second-order valence-electron chi connectivity index (χ2n) is 5.96. The molecule has 2 N–H and O–H groups in total. The van der Waals surface area contributed by atoms with Crippen molar-refractivity contribution in [3.63, 3.8) is 0 Å². The summed E-state index contributed by atoms with van der Waals surface area (Å²) in [7, 11) is 2.04. The minimum atomic E-state index is -0.136. The van der Waals surface area contributed by atoms with E-state index in [9.17, 15) is 9.59 Å². The second kappa shape index (κ2) is 8.09. The Kier molecular flexibility index (Phi) is 5.62. The van der Waals surface area contributed by atoms with Gasteiger partial charge in [0.15, 0.2) is 5.13 Å². The highest BCUT2D eigenvalue weighted by Crippen LogP contribution is 2.17. The summed E-state index contributed by atoms with van der Waals surface area (Å²) in [6.07, 6.45) is 0.176. The fraction of sp³-hybridized carbons (Fsp3) is 0.353. The molecule has 1 aliphatic rings. The number of likely N-dealkylation sites (N-methyl/N-ethyl adjacent to an activating group) is 1. The van der Waals surface area contributed by atoms with E-state index in [2.05, 4.69) is 20.5 Å². The number of rotatable bonds is 4. The largest absolute Gasteiger partial charge is 0.326 e. The summed E-state index contributed by atoms with van der Waals surface area (Å²) in [6, 6.07) is 9.16. The summed E-state index contributed by atoms with van der Waals surface area (Å²) in [5.74, 6) is -0.131. The van der Waals surface area contributed by atoms with Crippen LogP contribution in [0, 0.1) is 0 Å². The van der Waals surface area contributed by atoms with Crippen LogP contribution in [-0.2, 0) is 11.2 Å². The Hall–Kier alpha value is -2.45. The monoisotopic (exact) mass is 359 g/mol. The highest BCUT2D eigenvalue weighted by molar-refractivity contribution is 7.13. The molecule has 0 bridgehead atoms. The molecule has 2 aromatic rings. The lowest BCUT2D eigenvalue weighted by molar-refractivity contribution is -0.115. The molecule has 25 heavy (non-hydrogen) atoms. The Bertz CT molecular complexity index is 726. The molecule has 1 fully saturated rings. The maximum Gasteiger partial charge on any atom is 0.323 e. The van der Waals surface area contributed by atoms with Crippen molar-refractivity contribution in [2.75, 3.05) is 43.9 Å². The number of piperazine rings is 1. The molecule has 1 aliphatic heterocycles. The molecule has 0 aliphatic carbocycles. The summed E-state index contributed by atoms with van der Waals surface area (Å²) in [5, 5.41) is 7.95.